The number of nitrogens with one attached hydrogen (secondary N) is 1. The van der Waals surface area contributed by atoms with E-state index in [-0.39, 0.29) is 6.10 Å². The van der Waals surface area contributed by atoms with Gasteiger partial charge in [0.05, 0.1) is 6.10 Å². The molecule has 1 aromatic carbocycles. The van der Waals surface area contributed by atoms with Crippen molar-refractivity contribution in [2.75, 3.05) is 6.54 Å². The van der Waals surface area contributed by atoms with Crippen LogP contribution in [0.15, 0.2) is 36.4 Å². The van der Waals surface area contributed by atoms with Gasteiger partial charge in [-0.2, -0.15) is 0 Å². The molecule has 0 aromatic heterocycles. The predicted molar refractivity (Wildman–Crippen MR) is 67.1 cm³/mol. The molecule has 0 bridgehead atoms. The predicted octanol–water partition coefficient (Wildman–Crippen LogP) is 2.20. The van der Waals surface area contributed by atoms with Crippen molar-refractivity contribution in [3.8, 4) is 0 Å². The van der Waals surface area contributed by atoms with Crippen molar-refractivity contribution in [1.29, 1.82) is 0 Å². The van der Waals surface area contributed by atoms with E-state index < -0.39 is 0 Å². The van der Waals surface area contributed by atoms with E-state index in [0.29, 0.717) is 6.04 Å². The van der Waals surface area contributed by atoms with Gasteiger partial charge in [0, 0.05) is 12.6 Å². The summed E-state index contributed by atoms with van der Waals surface area (Å²) in [5.41, 5.74) is 1.22. The normalized spacial score (nSPS) is 25.3. The van der Waals surface area contributed by atoms with Gasteiger partial charge >= 0.3 is 0 Å². The highest BCUT2D eigenvalue weighted by atomic mass is 16.3. The zero-order valence-electron chi connectivity index (χ0n) is 9.47. The number of aliphatic hydroxyl groups is 1. The van der Waals surface area contributed by atoms with E-state index in [1.165, 1.54) is 5.56 Å². The molecule has 2 nitrogen and oxygen atoms in total. The molecule has 0 spiro atoms. The summed E-state index contributed by atoms with van der Waals surface area (Å²) < 4.78 is 0. The van der Waals surface area contributed by atoms with E-state index in [4.69, 9.17) is 0 Å². The maximum Gasteiger partial charge on any atom is 0.0693 e. The third kappa shape index (κ3) is 3.19. The Morgan fingerprint density at radius 2 is 2.06 bits per heavy atom. The standard InChI is InChI=1S/C14H19NO/c16-14-10-4-9-13(14)15-11-5-8-12-6-2-1-3-7-12/h1-3,5-8,13-16H,4,9-11H2/b8-5+. The van der Waals surface area contributed by atoms with Gasteiger partial charge in [0.1, 0.15) is 0 Å². The van der Waals surface area contributed by atoms with Crippen molar-refractivity contribution < 1.29 is 5.11 Å². The highest BCUT2D eigenvalue weighted by Crippen LogP contribution is 2.18. The Labute approximate surface area is 97.0 Å². The Balaban J connectivity index is 1.73. The molecule has 86 valence electrons. The fraction of sp³-hybridized carbons (Fsp3) is 0.429. The number of aliphatic hydroxyl groups excluding tert-OH is 1. The third-order valence-corrected chi connectivity index (χ3v) is 3.09. The van der Waals surface area contributed by atoms with Crippen LogP contribution in [0.2, 0.25) is 0 Å². The minimum Gasteiger partial charge on any atom is -0.392 e. The molecule has 0 radical (unpaired) electrons. The van der Waals surface area contributed by atoms with Crippen LogP contribution in [0.4, 0.5) is 0 Å². The molecule has 1 aliphatic rings. The summed E-state index contributed by atoms with van der Waals surface area (Å²) in [7, 11) is 0. The third-order valence-electron chi connectivity index (χ3n) is 3.09. The molecule has 2 heteroatoms. The molecular weight excluding hydrogens is 198 g/mol. The molecule has 0 saturated heterocycles. The molecule has 2 atom stereocenters. The first-order chi connectivity index (χ1) is 7.86. The Kier molecular flexibility index (Phi) is 4.14. The Morgan fingerprint density at radius 3 is 2.75 bits per heavy atom. The minimum atomic E-state index is -0.148. The fourth-order valence-corrected chi connectivity index (χ4v) is 2.16. The number of hydrogen-bond donors (Lipinski definition) is 2. The largest absolute Gasteiger partial charge is 0.392 e. The van der Waals surface area contributed by atoms with Gasteiger partial charge in [-0.25, -0.2) is 0 Å². The summed E-state index contributed by atoms with van der Waals surface area (Å²) >= 11 is 0. The molecule has 2 unspecified atom stereocenters. The molecule has 0 heterocycles. The van der Waals surface area contributed by atoms with E-state index in [9.17, 15) is 5.11 Å². The van der Waals surface area contributed by atoms with Crippen molar-refractivity contribution in [3.05, 3.63) is 42.0 Å². The van der Waals surface area contributed by atoms with Gasteiger partial charge in [0.2, 0.25) is 0 Å². The molecule has 1 aromatic rings. The maximum atomic E-state index is 9.62. The van der Waals surface area contributed by atoms with Crippen LogP contribution in [0.25, 0.3) is 6.08 Å². The van der Waals surface area contributed by atoms with Gasteiger partial charge in [-0.1, -0.05) is 42.5 Å². The van der Waals surface area contributed by atoms with E-state index in [0.717, 1.165) is 25.8 Å². The highest BCUT2D eigenvalue weighted by Gasteiger charge is 2.23. The summed E-state index contributed by atoms with van der Waals surface area (Å²) in [5.74, 6) is 0. The first-order valence-corrected chi connectivity index (χ1v) is 5.99. The van der Waals surface area contributed by atoms with E-state index in [1.807, 2.05) is 18.2 Å². The second-order valence-electron chi connectivity index (χ2n) is 4.33. The van der Waals surface area contributed by atoms with E-state index in [2.05, 4.69) is 29.6 Å². The van der Waals surface area contributed by atoms with Crippen LogP contribution in [0.5, 0.6) is 0 Å². The second kappa shape index (κ2) is 5.83. The quantitative estimate of drug-likeness (QED) is 0.810. The van der Waals surface area contributed by atoms with Crippen LogP contribution >= 0.6 is 0 Å². The van der Waals surface area contributed by atoms with Gasteiger partial charge in [0.15, 0.2) is 0 Å². The summed E-state index contributed by atoms with van der Waals surface area (Å²) in [6.45, 7) is 0.830. The number of rotatable bonds is 4. The zero-order valence-corrected chi connectivity index (χ0v) is 9.47. The zero-order chi connectivity index (χ0) is 11.2. The summed E-state index contributed by atoms with van der Waals surface area (Å²) in [6, 6.07) is 10.5. The van der Waals surface area contributed by atoms with Crippen molar-refractivity contribution in [3.63, 3.8) is 0 Å². The lowest BCUT2D eigenvalue weighted by atomic mass is 10.2. The van der Waals surface area contributed by atoms with Gasteiger partial charge in [-0.3, -0.25) is 0 Å². The first kappa shape index (κ1) is 11.4. The molecule has 16 heavy (non-hydrogen) atoms. The van der Waals surface area contributed by atoms with Gasteiger partial charge in [-0.15, -0.1) is 0 Å². The van der Waals surface area contributed by atoms with Crippen molar-refractivity contribution in [1.82, 2.24) is 5.32 Å². The van der Waals surface area contributed by atoms with Gasteiger partial charge < -0.3 is 10.4 Å². The fourth-order valence-electron chi connectivity index (χ4n) is 2.16. The van der Waals surface area contributed by atoms with Crippen LogP contribution in [0.1, 0.15) is 24.8 Å². The number of hydrogen-bond acceptors (Lipinski definition) is 2. The van der Waals surface area contributed by atoms with Gasteiger partial charge in [-0.05, 0) is 24.8 Å². The van der Waals surface area contributed by atoms with Crippen LogP contribution in [0.3, 0.4) is 0 Å². The Hall–Kier alpha value is -1.12. The molecule has 1 aliphatic carbocycles. The van der Waals surface area contributed by atoms with Crippen LogP contribution < -0.4 is 5.32 Å². The van der Waals surface area contributed by atoms with Crippen LogP contribution in [0, 0.1) is 0 Å². The average Bonchev–Trinajstić information content (AvgIpc) is 2.72. The van der Waals surface area contributed by atoms with E-state index >= 15 is 0 Å². The van der Waals surface area contributed by atoms with Crippen molar-refractivity contribution in [2.45, 2.75) is 31.4 Å². The topological polar surface area (TPSA) is 32.3 Å². The molecule has 1 saturated carbocycles. The van der Waals surface area contributed by atoms with E-state index in [1.54, 1.807) is 0 Å². The summed E-state index contributed by atoms with van der Waals surface area (Å²) in [4.78, 5) is 0. The molecule has 2 N–H and O–H groups in total. The average molecular weight is 217 g/mol. The molecule has 1 fully saturated rings. The molecule has 0 aliphatic heterocycles. The van der Waals surface area contributed by atoms with Crippen LogP contribution in [-0.2, 0) is 0 Å². The molecular formula is C14H19NO. The van der Waals surface area contributed by atoms with Crippen molar-refractivity contribution >= 4 is 6.08 Å². The first-order valence-electron chi connectivity index (χ1n) is 5.99. The SMILES string of the molecule is OC1CCCC1NC/C=C/c1ccccc1. The lowest BCUT2D eigenvalue weighted by molar-refractivity contribution is 0.151. The smallest absolute Gasteiger partial charge is 0.0693 e. The molecule has 2 rings (SSSR count). The summed E-state index contributed by atoms with van der Waals surface area (Å²) in [5, 5.41) is 13.0. The van der Waals surface area contributed by atoms with Crippen molar-refractivity contribution in [2.24, 2.45) is 0 Å². The monoisotopic (exact) mass is 217 g/mol. The summed E-state index contributed by atoms with van der Waals surface area (Å²) in [6.07, 6.45) is 7.25. The number of benzene rings is 1. The lowest BCUT2D eigenvalue weighted by Gasteiger charge is -2.14. The second-order valence-corrected chi connectivity index (χ2v) is 4.33. The Bertz CT molecular complexity index is 334. The highest BCUT2D eigenvalue weighted by molar-refractivity contribution is 5.48. The Morgan fingerprint density at radius 1 is 1.25 bits per heavy atom. The molecule has 0 amide bonds. The lowest BCUT2D eigenvalue weighted by Crippen LogP contribution is -2.35. The van der Waals surface area contributed by atoms with Crippen LogP contribution in [-0.4, -0.2) is 23.8 Å². The maximum absolute atomic E-state index is 9.62. The minimum absolute atomic E-state index is 0.148. The van der Waals surface area contributed by atoms with Gasteiger partial charge in [0.25, 0.3) is 0 Å².